The molecular weight excluding hydrogens is 298 g/mol. The van der Waals surface area contributed by atoms with Crippen LogP contribution in [0.2, 0.25) is 0 Å². The van der Waals surface area contributed by atoms with Gasteiger partial charge in [0.15, 0.2) is 0 Å². The second-order valence-corrected chi connectivity index (χ2v) is 5.03. The van der Waals surface area contributed by atoms with E-state index in [2.05, 4.69) is 15.2 Å². The van der Waals surface area contributed by atoms with E-state index in [1.54, 1.807) is 30.7 Å². The Balaban J connectivity index is 1.95. The highest BCUT2D eigenvalue weighted by atomic mass is 16.1. The maximum atomic E-state index is 12.8. The molecule has 0 aliphatic rings. The largest absolute Gasteiger partial charge is 0.287 e. The van der Waals surface area contributed by atoms with Crippen molar-refractivity contribution in [3.05, 3.63) is 102 Å². The molecule has 0 amide bonds. The molecule has 0 N–H and O–H groups in total. The summed E-state index contributed by atoms with van der Waals surface area (Å²) in [4.78, 5) is 16.7. The minimum Gasteiger partial charge on any atom is -0.287 e. The molecule has 24 heavy (non-hydrogen) atoms. The van der Waals surface area contributed by atoms with Gasteiger partial charge >= 0.3 is 0 Å². The molecule has 0 radical (unpaired) electrons. The van der Waals surface area contributed by atoms with Crippen LogP contribution in [0, 0.1) is 0 Å². The third-order valence-corrected chi connectivity index (χ3v) is 3.37. The van der Waals surface area contributed by atoms with Gasteiger partial charge in [-0.2, -0.15) is 5.10 Å². The summed E-state index contributed by atoms with van der Waals surface area (Å²) in [6.45, 7) is 0. The number of Topliss-reactive ketones (excluding diaryl/α,β-unsaturated/α-hetero) is 1. The predicted octanol–water partition coefficient (Wildman–Crippen LogP) is 3.79. The summed E-state index contributed by atoms with van der Waals surface area (Å²) in [6, 6.07) is 22.0. The third-order valence-electron chi connectivity index (χ3n) is 3.37. The van der Waals surface area contributed by atoms with E-state index in [4.69, 9.17) is 0 Å². The van der Waals surface area contributed by atoms with Crippen molar-refractivity contribution >= 4 is 17.7 Å². The third kappa shape index (κ3) is 3.87. The second kappa shape index (κ2) is 7.74. The van der Waals surface area contributed by atoms with Crippen molar-refractivity contribution in [3.8, 4) is 0 Å². The van der Waals surface area contributed by atoms with E-state index < -0.39 is 0 Å². The summed E-state index contributed by atoms with van der Waals surface area (Å²) in [5.74, 6) is -0.159. The number of nitrogens with zero attached hydrogens (tertiary/aromatic N) is 3. The molecule has 0 bridgehead atoms. The van der Waals surface area contributed by atoms with Crippen molar-refractivity contribution in [2.45, 2.75) is 0 Å². The highest BCUT2D eigenvalue weighted by Gasteiger charge is 2.15. The van der Waals surface area contributed by atoms with Gasteiger partial charge in [-0.05, 0) is 17.7 Å². The van der Waals surface area contributed by atoms with Crippen LogP contribution in [0.25, 0.3) is 0 Å². The van der Waals surface area contributed by atoms with Crippen LogP contribution < -0.4 is 0 Å². The van der Waals surface area contributed by atoms with Crippen LogP contribution in [-0.2, 0) is 0 Å². The van der Waals surface area contributed by atoms with Gasteiger partial charge in [0.1, 0.15) is 5.71 Å². The highest BCUT2D eigenvalue weighted by Crippen LogP contribution is 2.09. The van der Waals surface area contributed by atoms with Gasteiger partial charge in [0, 0.05) is 23.5 Å². The van der Waals surface area contributed by atoms with Crippen LogP contribution in [-0.4, -0.2) is 22.7 Å². The van der Waals surface area contributed by atoms with Gasteiger partial charge in [0.25, 0.3) is 0 Å². The number of carbonyl (C=O) groups excluding carboxylic acids is 1. The maximum Gasteiger partial charge on any atom is 0.213 e. The fourth-order valence-electron chi connectivity index (χ4n) is 2.16. The highest BCUT2D eigenvalue weighted by molar-refractivity contribution is 6.51. The van der Waals surface area contributed by atoms with E-state index in [1.165, 1.54) is 0 Å². The molecule has 3 rings (SSSR count). The van der Waals surface area contributed by atoms with Crippen LogP contribution in [0.5, 0.6) is 0 Å². The molecular formula is C20H15N3O. The minimum absolute atomic E-state index is 0.159. The Morgan fingerprint density at radius 3 is 2.00 bits per heavy atom. The summed E-state index contributed by atoms with van der Waals surface area (Å²) in [7, 11) is 0. The van der Waals surface area contributed by atoms with Gasteiger partial charge in [0.05, 0.1) is 6.21 Å². The topological polar surface area (TPSA) is 54.7 Å². The molecule has 0 fully saturated rings. The van der Waals surface area contributed by atoms with Crippen molar-refractivity contribution in [1.82, 2.24) is 4.98 Å². The Bertz CT molecular complexity index is 857. The molecule has 1 aromatic heterocycles. The van der Waals surface area contributed by atoms with E-state index >= 15 is 0 Å². The lowest BCUT2D eigenvalue weighted by Gasteiger charge is -2.04. The molecule has 0 unspecified atom stereocenters. The zero-order valence-electron chi connectivity index (χ0n) is 12.9. The first kappa shape index (κ1) is 15.5. The van der Waals surface area contributed by atoms with Gasteiger partial charge < -0.3 is 0 Å². The van der Waals surface area contributed by atoms with Gasteiger partial charge in [-0.15, -0.1) is 5.10 Å². The summed E-state index contributed by atoms with van der Waals surface area (Å²) in [6.07, 6.45) is 4.96. The average molecular weight is 313 g/mol. The number of hydrogen-bond donors (Lipinski definition) is 0. The molecule has 2 aromatic carbocycles. The molecule has 4 nitrogen and oxygen atoms in total. The smallest absolute Gasteiger partial charge is 0.213 e. The van der Waals surface area contributed by atoms with Crippen LogP contribution in [0.4, 0.5) is 0 Å². The minimum atomic E-state index is -0.159. The molecule has 4 heteroatoms. The van der Waals surface area contributed by atoms with Gasteiger partial charge in [-0.1, -0.05) is 60.7 Å². The lowest BCUT2D eigenvalue weighted by Crippen LogP contribution is -2.15. The number of rotatable bonds is 5. The Labute approximate surface area is 140 Å². The zero-order chi connectivity index (χ0) is 16.6. The Morgan fingerprint density at radius 2 is 1.38 bits per heavy atom. The molecule has 0 saturated carbocycles. The Kier molecular flexibility index (Phi) is 5.00. The van der Waals surface area contributed by atoms with E-state index in [0.29, 0.717) is 11.3 Å². The summed E-state index contributed by atoms with van der Waals surface area (Å²) < 4.78 is 0. The molecule has 1 heterocycles. The average Bonchev–Trinajstić information content (AvgIpc) is 2.67. The molecule has 116 valence electrons. The van der Waals surface area contributed by atoms with E-state index in [0.717, 1.165) is 11.1 Å². The number of ketones is 1. The zero-order valence-corrected chi connectivity index (χ0v) is 12.9. The van der Waals surface area contributed by atoms with Crippen molar-refractivity contribution in [1.29, 1.82) is 0 Å². The van der Waals surface area contributed by atoms with Crippen LogP contribution in [0.1, 0.15) is 21.5 Å². The fraction of sp³-hybridized carbons (Fsp3) is 0. The van der Waals surface area contributed by atoms with E-state index in [-0.39, 0.29) is 5.78 Å². The van der Waals surface area contributed by atoms with Crippen LogP contribution >= 0.6 is 0 Å². The molecule has 0 spiro atoms. The summed E-state index contributed by atoms with van der Waals surface area (Å²) >= 11 is 0. The molecule has 0 aliphatic heterocycles. The standard InChI is InChI=1S/C20H15N3O/c24-20(18-9-5-2-6-10-18)19(17-7-3-1-4-8-17)23-22-15-16-11-13-21-14-12-16/h1-15H/b22-15+,23-19+. The molecule has 0 saturated heterocycles. The number of hydrogen-bond acceptors (Lipinski definition) is 4. The maximum absolute atomic E-state index is 12.8. The number of benzene rings is 2. The van der Waals surface area contributed by atoms with Crippen LogP contribution in [0.15, 0.2) is 95.4 Å². The first-order valence-corrected chi connectivity index (χ1v) is 7.51. The van der Waals surface area contributed by atoms with Gasteiger partial charge in [0.2, 0.25) is 5.78 Å². The first-order valence-electron chi connectivity index (χ1n) is 7.51. The number of pyridine rings is 1. The SMILES string of the molecule is O=C(/C(=N/N=C/c1ccncc1)c1ccccc1)c1ccccc1. The van der Waals surface area contributed by atoms with E-state index in [1.807, 2.05) is 60.7 Å². The molecule has 0 atom stereocenters. The number of aromatic nitrogens is 1. The quantitative estimate of drug-likeness (QED) is 0.409. The predicted molar refractivity (Wildman–Crippen MR) is 95.6 cm³/mol. The monoisotopic (exact) mass is 313 g/mol. The number of carbonyl (C=O) groups is 1. The van der Waals surface area contributed by atoms with Crippen molar-refractivity contribution in [2.75, 3.05) is 0 Å². The Morgan fingerprint density at radius 1 is 0.792 bits per heavy atom. The lowest BCUT2D eigenvalue weighted by atomic mass is 10.0. The second-order valence-electron chi connectivity index (χ2n) is 5.03. The first-order chi connectivity index (χ1) is 11.8. The summed E-state index contributed by atoms with van der Waals surface area (Å²) in [5, 5.41) is 8.26. The summed E-state index contributed by atoms with van der Waals surface area (Å²) in [5.41, 5.74) is 2.50. The van der Waals surface area contributed by atoms with Gasteiger partial charge in [-0.25, -0.2) is 0 Å². The molecule has 3 aromatic rings. The normalized spacial score (nSPS) is 11.6. The lowest BCUT2D eigenvalue weighted by molar-refractivity contribution is 0.106. The Hall–Kier alpha value is -3.40. The van der Waals surface area contributed by atoms with Crippen molar-refractivity contribution in [2.24, 2.45) is 10.2 Å². The fourth-order valence-corrected chi connectivity index (χ4v) is 2.16. The molecule has 0 aliphatic carbocycles. The van der Waals surface area contributed by atoms with Gasteiger partial charge in [-0.3, -0.25) is 9.78 Å². The van der Waals surface area contributed by atoms with E-state index in [9.17, 15) is 4.79 Å². The van der Waals surface area contributed by atoms with Crippen molar-refractivity contribution in [3.63, 3.8) is 0 Å². The van der Waals surface area contributed by atoms with Crippen molar-refractivity contribution < 1.29 is 4.79 Å². The van der Waals surface area contributed by atoms with Crippen LogP contribution in [0.3, 0.4) is 0 Å².